The molecule has 1 aliphatic heterocycles. The van der Waals surface area contributed by atoms with E-state index in [0.29, 0.717) is 12.0 Å². The summed E-state index contributed by atoms with van der Waals surface area (Å²) < 4.78 is 2.13. The van der Waals surface area contributed by atoms with Crippen molar-refractivity contribution in [2.75, 3.05) is 25.5 Å². The number of anilines is 1. The van der Waals surface area contributed by atoms with E-state index in [1.165, 1.54) is 30.6 Å². The van der Waals surface area contributed by atoms with Crippen LogP contribution in [0.3, 0.4) is 0 Å². The predicted octanol–water partition coefficient (Wildman–Crippen LogP) is 3.28. The lowest BCUT2D eigenvalue weighted by Crippen LogP contribution is -2.34. The van der Waals surface area contributed by atoms with Crippen LogP contribution in [0.5, 0.6) is 0 Å². The van der Waals surface area contributed by atoms with Crippen LogP contribution in [0.15, 0.2) is 30.6 Å². The zero-order valence-electron chi connectivity index (χ0n) is 14.4. The molecular formula is C18H27N5. The largest absolute Gasteiger partial charge is 0.373 e. The molecule has 3 heterocycles. The summed E-state index contributed by atoms with van der Waals surface area (Å²) in [5, 5.41) is 7.59. The molecule has 3 rings (SSSR count). The normalized spacial score (nSPS) is 19.2. The predicted molar refractivity (Wildman–Crippen MR) is 93.6 cm³/mol. The molecule has 0 spiro atoms. The first-order valence-electron chi connectivity index (χ1n) is 8.56. The average molecular weight is 313 g/mol. The van der Waals surface area contributed by atoms with Gasteiger partial charge in [-0.2, -0.15) is 5.10 Å². The van der Waals surface area contributed by atoms with Gasteiger partial charge in [0, 0.05) is 38.6 Å². The van der Waals surface area contributed by atoms with Gasteiger partial charge < -0.3 is 5.32 Å². The average Bonchev–Trinajstić information content (AvgIpc) is 3.03. The molecule has 0 saturated carbocycles. The van der Waals surface area contributed by atoms with Gasteiger partial charge in [0.05, 0.1) is 5.69 Å². The van der Waals surface area contributed by atoms with Crippen molar-refractivity contribution in [3.63, 3.8) is 0 Å². The van der Waals surface area contributed by atoms with Gasteiger partial charge in [0.1, 0.15) is 5.82 Å². The molecule has 1 N–H and O–H groups in total. The molecule has 1 aliphatic rings. The summed E-state index contributed by atoms with van der Waals surface area (Å²) >= 11 is 0. The number of aromatic nitrogens is 3. The molecule has 5 nitrogen and oxygen atoms in total. The maximum Gasteiger partial charge on any atom is 0.125 e. The second-order valence-corrected chi connectivity index (χ2v) is 6.66. The molecule has 1 saturated heterocycles. The van der Waals surface area contributed by atoms with E-state index in [4.69, 9.17) is 0 Å². The molecule has 0 amide bonds. The molecular weight excluding hydrogens is 286 g/mol. The standard InChI is InChI=1S/C18H27N5/c1-14(2)23-17(7-9-21-23)13-22-10-4-5-16(12-22)15-6-8-20-18(11-15)19-3/h6-9,11,14,16H,4-5,10,12-13H2,1-3H3,(H,19,20)/t16-/m1/s1. The lowest BCUT2D eigenvalue weighted by atomic mass is 9.91. The Morgan fingerprint density at radius 1 is 1.30 bits per heavy atom. The van der Waals surface area contributed by atoms with Crippen LogP contribution < -0.4 is 5.32 Å². The van der Waals surface area contributed by atoms with E-state index in [0.717, 1.165) is 18.9 Å². The van der Waals surface area contributed by atoms with Crippen LogP contribution in [0, 0.1) is 0 Å². The van der Waals surface area contributed by atoms with Crippen molar-refractivity contribution in [3.8, 4) is 0 Å². The minimum absolute atomic E-state index is 0.416. The van der Waals surface area contributed by atoms with Gasteiger partial charge in [-0.15, -0.1) is 0 Å². The van der Waals surface area contributed by atoms with Gasteiger partial charge in [-0.1, -0.05) is 0 Å². The van der Waals surface area contributed by atoms with Crippen LogP contribution in [0.1, 0.15) is 49.9 Å². The van der Waals surface area contributed by atoms with Crippen LogP contribution in [-0.2, 0) is 6.54 Å². The Labute approximate surface area is 138 Å². The molecule has 0 unspecified atom stereocenters. The fraction of sp³-hybridized carbons (Fsp3) is 0.556. The first kappa shape index (κ1) is 16.0. The fourth-order valence-electron chi connectivity index (χ4n) is 3.47. The van der Waals surface area contributed by atoms with Crippen molar-refractivity contribution in [2.45, 2.75) is 45.2 Å². The van der Waals surface area contributed by atoms with E-state index in [9.17, 15) is 0 Å². The Morgan fingerprint density at radius 3 is 2.96 bits per heavy atom. The number of hydrogen-bond donors (Lipinski definition) is 1. The maximum absolute atomic E-state index is 4.45. The van der Waals surface area contributed by atoms with E-state index in [1.807, 2.05) is 19.4 Å². The number of nitrogens with zero attached hydrogens (tertiary/aromatic N) is 4. The highest BCUT2D eigenvalue weighted by Crippen LogP contribution is 2.28. The van der Waals surface area contributed by atoms with E-state index < -0.39 is 0 Å². The van der Waals surface area contributed by atoms with Gasteiger partial charge >= 0.3 is 0 Å². The summed E-state index contributed by atoms with van der Waals surface area (Å²) in [6.07, 6.45) is 6.33. The SMILES string of the molecule is CNc1cc([C@@H]2CCCN(Cc3ccnn3C(C)C)C2)ccn1. The van der Waals surface area contributed by atoms with Crippen LogP contribution >= 0.6 is 0 Å². The highest BCUT2D eigenvalue weighted by Gasteiger charge is 2.22. The molecule has 2 aromatic rings. The molecule has 1 atom stereocenters. The zero-order valence-corrected chi connectivity index (χ0v) is 14.4. The highest BCUT2D eigenvalue weighted by molar-refractivity contribution is 5.38. The number of rotatable bonds is 5. The van der Waals surface area contributed by atoms with E-state index in [1.54, 1.807) is 0 Å². The molecule has 23 heavy (non-hydrogen) atoms. The topological polar surface area (TPSA) is 46.0 Å². The van der Waals surface area contributed by atoms with Crippen LogP contribution in [0.25, 0.3) is 0 Å². The fourth-order valence-corrected chi connectivity index (χ4v) is 3.47. The minimum atomic E-state index is 0.416. The Hall–Kier alpha value is -1.88. The van der Waals surface area contributed by atoms with Gasteiger partial charge in [-0.25, -0.2) is 4.98 Å². The quantitative estimate of drug-likeness (QED) is 0.920. The molecule has 1 fully saturated rings. The summed E-state index contributed by atoms with van der Waals surface area (Å²) in [5.74, 6) is 1.55. The Bertz CT molecular complexity index is 634. The number of piperidine rings is 1. The third-order valence-corrected chi connectivity index (χ3v) is 4.64. The lowest BCUT2D eigenvalue weighted by molar-refractivity contribution is 0.194. The highest BCUT2D eigenvalue weighted by atomic mass is 15.3. The molecule has 0 bridgehead atoms. The number of nitrogens with one attached hydrogen (secondary N) is 1. The molecule has 0 aliphatic carbocycles. The summed E-state index contributed by atoms with van der Waals surface area (Å²) in [6, 6.07) is 6.91. The van der Waals surface area contributed by atoms with Gasteiger partial charge in [0.2, 0.25) is 0 Å². The van der Waals surface area contributed by atoms with Crippen molar-refractivity contribution in [1.29, 1.82) is 0 Å². The molecule has 0 aromatic carbocycles. The summed E-state index contributed by atoms with van der Waals surface area (Å²) in [5.41, 5.74) is 2.71. The molecule has 124 valence electrons. The maximum atomic E-state index is 4.45. The molecule has 2 aromatic heterocycles. The first-order chi connectivity index (χ1) is 11.2. The van der Waals surface area contributed by atoms with Crippen LogP contribution in [-0.4, -0.2) is 39.8 Å². The van der Waals surface area contributed by atoms with Crippen LogP contribution in [0.2, 0.25) is 0 Å². The van der Waals surface area contributed by atoms with Gasteiger partial charge in [-0.3, -0.25) is 9.58 Å². The van der Waals surface area contributed by atoms with Crippen molar-refractivity contribution in [3.05, 3.63) is 41.9 Å². The minimum Gasteiger partial charge on any atom is -0.373 e. The van der Waals surface area contributed by atoms with Crippen molar-refractivity contribution < 1.29 is 0 Å². The summed E-state index contributed by atoms with van der Waals surface area (Å²) in [4.78, 5) is 6.89. The Kier molecular flexibility index (Phi) is 4.96. The molecule has 5 heteroatoms. The Balaban J connectivity index is 1.69. The second-order valence-electron chi connectivity index (χ2n) is 6.66. The van der Waals surface area contributed by atoms with Crippen LogP contribution in [0.4, 0.5) is 5.82 Å². The monoisotopic (exact) mass is 313 g/mol. The molecule has 0 radical (unpaired) electrons. The van der Waals surface area contributed by atoms with Gasteiger partial charge in [-0.05, 0) is 62.9 Å². The third-order valence-electron chi connectivity index (χ3n) is 4.64. The van der Waals surface area contributed by atoms with Crippen molar-refractivity contribution in [1.82, 2.24) is 19.7 Å². The van der Waals surface area contributed by atoms with E-state index in [2.05, 4.69) is 57.0 Å². The second kappa shape index (κ2) is 7.13. The van der Waals surface area contributed by atoms with E-state index in [-0.39, 0.29) is 0 Å². The summed E-state index contributed by atoms with van der Waals surface area (Å²) in [6.45, 7) is 7.64. The third kappa shape index (κ3) is 3.72. The van der Waals surface area contributed by atoms with Gasteiger partial charge in [0.25, 0.3) is 0 Å². The lowest BCUT2D eigenvalue weighted by Gasteiger charge is -2.33. The zero-order chi connectivity index (χ0) is 16.2. The van der Waals surface area contributed by atoms with E-state index >= 15 is 0 Å². The first-order valence-corrected chi connectivity index (χ1v) is 8.56. The smallest absolute Gasteiger partial charge is 0.125 e. The Morgan fingerprint density at radius 2 is 2.17 bits per heavy atom. The van der Waals surface area contributed by atoms with Gasteiger partial charge in [0.15, 0.2) is 0 Å². The summed E-state index contributed by atoms with van der Waals surface area (Å²) in [7, 11) is 1.92. The number of likely N-dealkylation sites (tertiary alicyclic amines) is 1. The van der Waals surface area contributed by atoms with Crippen molar-refractivity contribution >= 4 is 5.82 Å². The number of pyridine rings is 1. The number of hydrogen-bond acceptors (Lipinski definition) is 4. The van der Waals surface area contributed by atoms with Crippen molar-refractivity contribution in [2.24, 2.45) is 0 Å².